The van der Waals surface area contributed by atoms with E-state index < -0.39 is 16.3 Å². The van der Waals surface area contributed by atoms with E-state index in [1.165, 1.54) is 4.31 Å². The third-order valence-electron chi connectivity index (χ3n) is 2.64. The fourth-order valence-electron chi connectivity index (χ4n) is 1.82. The number of hydrogen-bond donors (Lipinski definition) is 2. The van der Waals surface area contributed by atoms with Crippen molar-refractivity contribution in [1.82, 2.24) is 9.03 Å². The standard InChI is InChI=1S/C8H17N3O4S/c1-6-3-7(4-9)5-11(6)16(13,14)10-8(12)15-2/h6-7H,3-5,9H2,1-2H3,(H,10,12). The van der Waals surface area contributed by atoms with Gasteiger partial charge in [0, 0.05) is 12.6 Å². The molecule has 0 aromatic carbocycles. The van der Waals surface area contributed by atoms with Crippen LogP contribution in [0.15, 0.2) is 0 Å². The topological polar surface area (TPSA) is 102 Å². The van der Waals surface area contributed by atoms with Gasteiger partial charge in [0.15, 0.2) is 0 Å². The van der Waals surface area contributed by atoms with Crippen LogP contribution in [0.2, 0.25) is 0 Å². The van der Waals surface area contributed by atoms with Gasteiger partial charge in [0.1, 0.15) is 0 Å². The highest BCUT2D eigenvalue weighted by Gasteiger charge is 2.37. The van der Waals surface area contributed by atoms with E-state index in [1.54, 1.807) is 6.92 Å². The molecule has 3 N–H and O–H groups in total. The van der Waals surface area contributed by atoms with Crippen molar-refractivity contribution >= 4 is 16.3 Å². The predicted octanol–water partition coefficient (Wildman–Crippen LogP) is -0.744. The second kappa shape index (κ2) is 4.98. The Balaban J connectivity index is 2.73. The summed E-state index contributed by atoms with van der Waals surface area (Å²) in [6.07, 6.45) is -0.276. The zero-order valence-electron chi connectivity index (χ0n) is 9.34. The highest BCUT2D eigenvalue weighted by molar-refractivity contribution is 7.87. The molecule has 1 rings (SSSR count). The minimum Gasteiger partial charge on any atom is -0.452 e. The molecule has 0 aliphatic carbocycles. The number of nitrogens with zero attached hydrogens (tertiary/aromatic N) is 1. The predicted molar refractivity (Wildman–Crippen MR) is 57.8 cm³/mol. The lowest BCUT2D eigenvalue weighted by atomic mass is 10.1. The summed E-state index contributed by atoms with van der Waals surface area (Å²) in [7, 11) is -2.70. The van der Waals surface area contributed by atoms with E-state index in [1.807, 2.05) is 4.72 Å². The SMILES string of the molecule is COC(=O)NS(=O)(=O)N1CC(CN)CC1C. The third kappa shape index (κ3) is 2.83. The zero-order chi connectivity index (χ0) is 12.3. The largest absolute Gasteiger partial charge is 0.452 e. The highest BCUT2D eigenvalue weighted by Crippen LogP contribution is 2.24. The van der Waals surface area contributed by atoms with Gasteiger partial charge in [-0.3, -0.25) is 0 Å². The van der Waals surface area contributed by atoms with Crippen molar-refractivity contribution in [2.24, 2.45) is 11.7 Å². The molecule has 0 saturated carbocycles. The number of amides is 1. The Bertz CT molecular complexity index is 356. The summed E-state index contributed by atoms with van der Waals surface area (Å²) in [6, 6.07) is -0.157. The number of ether oxygens (including phenoxy) is 1. The Morgan fingerprint density at radius 1 is 1.62 bits per heavy atom. The summed E-state index contributed by atoms with van der Waals surface area (Å²) in [5, 5.41) is 0. The Morgan fingerprint density at radius 2 is 2.25 bits per heavy atom. The smallest absolute Gasteiger partial charge is 0.421 e. The van der Waals surface area contributed by atoms with Crippen molar-refractivity contribution < 1.29 is 17.9 Å². The van der Waals surface area contributed by atoms with Crippen LogP contribution in [-0.2, 0) is 14.9 Å². The first-order valence-corrected chi connectivity index (χ1v) is 6.42. The molecular weight excluding hydrogens is 234 g/mol. The van der Waals surface area contributed by atoms with E-state index in [0.717, 1.165) is 7.11 Å². The molecule has 0 spiro atoms. The zero-order valence-corrected chi connectivity index (χ0v) is 10.2. The average molecular weight is 251 g/mol. The van der Waals surface area contributed by atoms with Gasteiger partial charge in [0.05, 0.1) is 7.11 Å². The van der Waals surface area contributed by atoms with Crippen molar-refractivity contribution in [2.75, 3.05) is 20.2 Å². The maximum atomic E-state index is 11.7. The summed E-state index contributed by atoms with van der Waals surface area (Å²) < 4.78 is 30.8. The van der Waals surface area contributed by atoms with E-state index in [0.29, 0.717) is 19.5 Å². The van der Waals surface area contributed by atoms with Gasteiger partial charge >= 0.3 is 16.3 Å². The van der Waals surface area contributed by atoms with E-state index in [4.69, 9.17) is 5.73 Å². The molecule has 1 fully saturated rings. The molecule has 0 radical (unpaired) electrons. The quantitative estimate of drug-likeness (QED) is 0.687. The summed E-state index contributed by atoms with van der Waals surface area (Å²) in [6.45, 7) is 2.56. The van der Waals surface area contributed by atoms with Crippen LogP contribution in [0.25, 0.3) is 0 Å². The van der Waals surface area contributed by atoms with Gasteiger partial charge in [-0.1, -0.05) is 0 Å². The molecule has 0 bridgehead atoms. The normalized spacial score (nSPS) is 26.7. The molecule has 16 heavy (non-hydrogen) atoms. The van der Waals surface area contributed by atoms with Gasteiger partial charge in [0.25, 0.3) is 0 Å². The molecule has 1 heterocycles. The number of nitrogens with one attached hydrogen (secondary N) is 1. The van der Waals surface area contributed by atoms with Gasteiger partial charge in [0.2, 0.25) is 0 Å². The molecule has 0 aromatic heterocycles. The lowest BCUT2D eigenvalue weighted by Gasteiger charge is -2.20. The number of carbonyl (C=O) groups excluding carboxylic acids is 1. The van der Waals surface area contributed by atoms with E-state index in [9.17, 15) is 13.2 Å². The van der Waals surface area contributed by atoms with E-state index in [-0.39, 0.29) is 12.0 Å². The Labute approximate surface area is 95.1 Å². The second-order valence-electron chi connectivity index (χ2n) is 3.85. The Morgan fingerprint density at radius 3 is 2.69 bits per heavy atom. The summed E-state index contributed by atoms with van der Waals surface area (Å²) in [5.74, 6) is 0.143. The van der Waals surface area contributed by atoms with E-state index in [2.05, 4.69) is 4.74 Å². The highest BCUT2D eigenvalue weighted by atomic mass is 32.2. The first-order valence-electron chi connectivity index (χ1n) is 4.98. The van der Waals surface area contributed by atoms with Gasteiger partial charge in [-0.15, -0.1) is 0 Å². The van der Waals surface area contributed by atoms with Crippen LogP contribution < -0.4 is 10.5 Å². The van der Waals surface area contributed by atoms with Gasteiger partial charge in [-0.25, -0.2) is 9.52 Å². The number of carbonyl (C=O) groups is 1. The minimum atomic E-state index is -3.81. The van der Waals surface area contributed by atoms with Crippen LogP contribution >= 0.6 is 0 Å². The van der Waals surface area contributed by atoms with Crippen LogP contribution in [0, 0.1) is 5.92 Å². The maximum Gasteiger partial charge on any atom is 0.421 e. The lowest BCUT2D eigenvalue weighted by molar-refractivity contribution is 0.177. The molecule has 8 heteroatoms. The average Bonchev–Trinajstić information content (AvgIpc) is 2.59. The van der Waals surface area contributed by atoms with Crippen molar-refractivity contribution in [3.8, 4) is 0 Å². The minimum absolute atomic E-state index is 0.143. The molecule has 1 saturated heterocycles. The number of methoxy groups -OCH3 is 1. The second-order valence-corrected chi connectivity index (χ2v) is 5.48. The summed E-state index contributed by atoms with van der Waals surface area (Å²) in [4.78, 5) is 10.9. The number of nitrogens with two attached hydrogens (primary N) is 1. The fourth-order valence-corrected chi connectivity index (χ4v) is 3.20. The lowest BCUT2D eigenvalue weighted by Crippen LogP contribution is -2.45. The van der Waals surface area contributed by atoms with Crippen molar-refractivity contribution in [3.05, 3.63) is 0 Å². The first-order chi connectivity index (χ1) is 7.40. The van der Waals surface area contributed by atoms with Crippen molar-refractivity contribution in [3.63, 3.8) is 0 Å². The van der Waals surface area contributed by atoms with Gasteiger partial charge < -0.3 is 10.5 Å². The molecule has 2 atom stereocenters. The van der Waals surface area contributed by atoms with Crippen LogP contribution in [0.3, 0.4) is 0 Å². The molecular formula is C8H17N3O4S. The van der Waals surface area contributed by atoms with Crippen LogP contribution in [0.5, 0.6) is 0 Å². The molecule has 7 nitrogen and oxygen atoms in total. The monoisotopic (exact) mass is 251 g/mol. The third-order valence-corrected chi connectivity index (χ3v) is 4.20. The van der Waals surface area contributed by atoms with E-state index >= 15 is 0 Å². The number of hydrogen-bond acceptors (Lipinski definition) is 5. The molecule has 0 aromatic rings. The molecule has 94 valence electrons. The van der Waals surface area contributed by atoms with Gasteiger partial charge in [-0.2, -0.15) is 12.7 Å². The Hall–Kier alpha value is -0.860. The van der Waals surface area contributed by atoms with Crippen LogP contribution in [-0.4, -0.2) is 45.1 Å². The van der Waals surface area contributed by atoms with Crippen molar-refractivity contribution in [1.29, 1.82) is 0 Å². The first kappa shape index (κ1) is 13.2. The molecule has 1 aliphatic rings. The van der Waals surface area contributed by atoms with Crippen LogP contribution in [0.4, 0.5) is 4.79 Å². The van der Waals surface area contributed by atoms with Crippen molar-refractivity contribution in [2.45, 2.75) is 19.4 Å². The molecule has 1 amide bonds. The molecule has 1 aliphatic heterocycles. The summed E-state index contributed by atoms with van der Waals surface area (Å²) >= 11 is 0. The van der Waals surface area contributed by atoms with Gasteiger partial charge in [-0.05, 0) is 25.8 Å². The molecule has 2 unspecified atom stereocenters. The Kier molecular flexibility index (Phi) is 4.11. The maximum absolute atomic E-state index is 11.7. The fraction of sp³-hybridized carbons (Fsp3) is 0.875. The number of rotatable bonds is 3. The van der Waals surface area contributed by atoms with Crippen LogP contribution in [0.1, 0.15) is 13.3 Å². The summed E-state index contributed by atoms with van der Waals surface area (Å²) in [5.41, 5.74) is 5.50.